The molecule has 6 nitrogen and oxygen atoms in total. The zero-order chi connectivity index (χ0) is 24.3. The maximum Gasteiger partial charge on any atom is 0.245 e. The van der Waals surface area contributed by atoms with Crippen LogP contribution < -0.4 is 5.32 Å². The summed E-state index contributed by atoms with van der Waals surface area (Å²) in [5.41, 5.74) is 3.86. The largest absolute Gasteiger partial charge is 0.333 e. The van der Waals surface area contributed by atoms with Crippen LogP contribution in [0.5, 0.6) is 0 Å². The van der Waals surface area contributed by atoms with Gasteiger partial charge in [-0.3, -0.25) is 9.59 Å². The van der Waals surface area contributed by atoms with Gasteiger partial charge in [-0.1, -0.05) is 69.3 Å². The van der Waals surface area contributed by atoms with E-state index in [0.29, 0.717) is 12.4 Å². The van der Waals surface area contributed by atoms with Crippen LogP contribution in [0.4, 0.5) is 5.82 Å². The van der Waals surface area contributed by atoms with Crippen molar-refractivity contribution in [3.8, 4) is 5.69 Å². The molecule has 2 aromatic carbocycles. The Hall–Kier alpha value is -3.41. The quantitative estimate of drug-likeness (QED) is 0.522. The predicted molar refractivity (Wildman–Crippen MR) is 135 cm³/mol. The van der Waals surface area contributed by atoms with Crippen molar-refractivity contribution in [1.82, 2.24) is 14.7 Å². The van der Waals surface area contributed by atoms with E-state index in [-0.39, 0.29) is 29.7 Å². The maximum absolute atomic E-state index is 13.2. The van der Waals surface area contributed by atoms with E-state index in [0.717, 1.165) is 41.8 Å². The summed E-state index contributed by atoms with van der Waals surface area (Å²) >= 11 is 0. The van der Waals surface area contributed by atoms with Gasteiger partial charge < -0.3 is 10.2 Å². The maximum atomic E-state index is 13.2. The van der Waals surface area contributed by atoms with Gasteiger partial charge in [0.1, 0.15) is 5.82 Å². The lowest BCUT2D eigenvalue weighted by Crippen LogP contribution is -2.40. The molecule has 1 aliphatic rings. The molecule has 0 unspecified atom stereocenters. The first kappa shape index (κ1) is 23.7. The number of nitrogens with zero attached hydrogens (tertiary/aromatic N) is 3. The third kappa shape index (κ3) is 5.74. The molecule has 1 aromatic heterocycles. The van der Waals surface area contributed by atoms with Crippen LogP contribution in [0.1, 0.15) is 50.4 Å². The van der Waals surface area contributed by atoms with Gasteiger partial charge in [0.15, 0.2) is 0 Å². The van der Waals surface area contributed by atoms with Crippen LogP contribution in [0, 0.1) is 12.8 Å². The van der Waals surface area contributed by atoms with Crippen molar-refractivity contribution in [1.29, 1.82) is 0 Å². The van der Waals surface area contributed by atoms with E-state index in [2.05, 4.69) is 38.2 Å². The lowest BCUT2D eigenvalue weighted by atomic mass is 9.92. The summed E-state index contributed by atoms with van der Waals surface area (Å²) in [6.07, 6.45) is 2.55. The smallest absolute Gasteiger partial charge is 0.245 e. The number of aryl methyl sites for hydroxylation is 1. The standard InChI is InChI=1S/C28H34N4O2/c1-20-10-8-9-13-23(20)32-25(18-24(30-32)28(2,3)4)29-26(33)19-31(27(34)22-14-15-22)17-16-21-11-6-5-7-12-21/h5-13,18,22H,14-17,19H2,1-4H3,(H,29,33). The molecule has 1 saturated carbocycles. The Bertz CT molecular complexity index is 1160. The molecule has 1 fully saturated rings. The van der Waals surface area contributed by atoms with Crippen molar-refractivity contribution >= 4 is 17.6 Å². The number of aromatic nitrogens is 2. The molecule has 0 atom stereocenters. The fourth-order valence-corrected chi connectivity index (χ4v) is 3.94. The lowest BCUT2D eigenvalue weighted by Gasteiger charge is -2.22. The molecule has 0 aliphatic heterocycles. The number of rotatable bonds is 8. The summed E-state index contributed by atoms with van der Waals surface area (Å²) in [4.78, 5) is 27.8. The Morgan fingerprint density at radius 1 is 1.06 bits per heavy atom. The Balaban J connectivity index is 1.53. The second kappa shape index (κ2) is 9.84. The summed E-state index contributed by atoms with van der Waals surface area (Å²) in [5, 5.41) is 7.85. The number of anilines is 1. The van der Waals surface area contributed by atoms with Crippen molar-refractivity contribution < 1.29 is 9.59 Å². The van der Waals surface area contributed by atoms with Gasteiger partial charge in [-0.2, -0.15) is 5.10 Å². The van der Waals surface area contributed by atoms with Crippen LogP contribution in [0.3, 0.4) is 0 Å². The number of carbonyl (C=O) groups excluding carboxylic acids is 2. The van der Waals surface area contributed by atoms with Gasteiger partial charge in [-0.25, -0.2) is 4.68 Å². The number of benzene rings is 2. The highest BCUT2D eigenvalue weighted by Gasteiger charge is 2.34. The molecule has 178 valence electrons. The first-order valence-corrected chi connectivity index (χ1v) is 12.0. The van der Waals surface area contributed by atoms with Crippen molar-refractivity contribution in [2.75, 3.05) is 18.4 Å². The number of amides is 2. The molecule has 0 spiro atoms. The predicted octanol–water partition coefficient (Wildman–Crippen LogP) is 4.90. The molecule has 6 heteroatoms. The van der Waals surface area contributed by atoms with Gasteiger partial charge in [0.2, 0.25) is 11.8 Å². The van der Waals surface area contributed by atoms with Gasteiger partial charge in [0.05, 0.1) is 17.9 Å². The fourth-order valence-electron chi connectivity index (χ4n) is 3.94. The first-order valence-electron chi connectivity index (χ1n) is 12.0. The molecule has 34 heavy (non-hydrogen) atoms. The molecule has 2 amide bonds. The van der Waals surface area contributed by atoms with E-state index < -0.39 is 0 Å². The number of para-hydroxylation sites is 1. The third-order valence-corrected chi connectivity index (χ3v) is 6.17. The van der Waals surface area contributed by atoms with Crippen LogP contribution in [0.25, 0.3) is 5.69 Å². The van der Waals surface area contributed by atoms with Crippen LogP contribution >= 0.6 is 0 Å². The summed E-state index contributed by atoms with van der Waals surface area (Å²) in [5.74, 6) is 0.547. The van der Waals surface area contributed by atoms with Gasteiger partial charge in [-0.15, -0.1) is 0 Å². The van der Waals surface area contributed by atoms with Crippen molar-refractivity contribution in [3.05, 3.63) is 77.5 Å². The van der Waals surface area contributed by atoms with E-state index in [1.165, 1.54) is 0 Å². The van der Waals surface area contributed by atoms with Crippen LogP contribution in [0.15, 0.2) is 60.7 Å². The zero-order valence-electron chi connectivity index (χ0n) is 20.5. The number of carbonyl (C=O) groups is 2. The molecule has 1 aliphatic carbocycles. The van der Waals surface area contributed by atoms with Crippen molar-refractivity contribution in [3.63, 3.8) is 0 Å². The van der Waals surface area contributed by atoms with Gasteiger partial charge >= 0.3 is 0 Å². The van der Waals surface area contributed by atoms with Crippen LogP contribution in [-0.4, -0.2) is 39.6 Å². The van der Waals surface area contributed by atoms with E-state index in [9.17, 15) is 9.59 Å². The fraction of sp³-hybridized carbons (Fsp3) is 0.393. The minimum atomic E-state index is -0.211. The minimum Gasteiger partial charge on any atom is -0.333 e. The molecular weight excluding hydrogens is 424 g/mol. The second-order valence-corrected chi connectivity index (χ2v) is 10.2. The summed E-state index contributed by atoms with van der Waals surface area (Å²) in [6, 6.07) is 20.0. The van der Waals surface area contributed by atoms with Crippen LogP contribution in [-0.2, 0) is 21.4 Å². The van der Waals surface area contributed by atoms with Crippen molar-refractivity contribution in [2.24, 2.45) is 5.92 Å². The second-order valence-electron chi connectivity index (χ2n) is 10.2. The molecule has 0 saturated heterocycles. The number of hydrogen-bond acceptors (Lipinski definition) is 3. The molecule has 0 radical (unpaired) electrons. The third-order valence-electron chi connectivity index (χ3n) is 6.17. The molecule has 0 bridgehead atoms. The Kier molecular flexibility index (Phi) is 6.87. The number of nitrogens with one attached hydrogen (secondary N) is 1. The van der Waals surface area contributed by atoms with E-state index in [4.69, 9.17) is 5.10 Å². The van der Waals surface area contributed by atoms with E-state index >= 15 is 0 Å². The van der Waals surface area contributed by atoms with Gasteiger partial charge in [-0.05, 0) is 43.4 Å². The highest BCUT2D eigenvalue weighted by Crippen LogP contribution is 2.31. The van der Waals surface area contributed by atoms with Crippen LogP contribution in [0.2, 0.25) is 0 Å². The Labute approximate surface area is 202 Å². The van der Waals surface area contributed by atoms with E-state index in [1.807, 2.05) is 55.5 Å². The van der Waals surface area contributed by atoms with Gasteiger partial charge in [0, 0.05) is 23.9 Å². The lowest BCUT2D eigenvalue weighted by molar-refractivity contribution is -0.135. The highest BCUT2D eigenvalue weighted by atomic mass is 16.2. The zero-order valence-corrected chi connectivity index (χ0v) is 20.5. The minimum absolute atomic E-state index is 0.0337. The Morgan fingerprint density at radius 2 is 1.74 bits per heavy atom. The Morgan fingerprint density at radius 3 is 2.38 bits per heavy atom. The SMILES string of the molecule is Cc1ccccc1-n1nc(C(C)(C)C)cc1NC(=O)CN(CCc1ccccc1)C(=O)C1CC1. The highest BCUT2D eigenvalue weighted by molar-refractivity contribution is 5.94. The molecule has 3 aromatic rings. The summed E-state index contributed by atoms with van der Waals surface area (Å²) in [6.45, 7) is 8.89. The monoisotopic (exact) mass is 458 g/mol. The normalized spacial score (nSPS) is 13.5. The number of hydrogen-bond donors (Lipinski definition) is 1. The topological polar surface area (TPSA) is 67.2 Å². The average Bonchev–Trinajstić information content (AvgIpc) is 3.57. The van der Waals surface area contributed by atoms with Gasteiger partial charge in [0.25, 0.3) is 0 Å². The molecule has 1 heterocycles. The first-order chi connectivity index (χ1) is 16.2. The van der Waals surface area contributed by atoms with E-state index in [1.54, 1.807) is 9.58 Å². The summed E-state index contributed by atoms with van der Waals surface area (Å²) in [7, 11) is 0. The molecular formula is C28H34N4O2. The molecule has 4 rings (SSSR count). The average molecular weight is 459 g/mol. The summed E-state index contributed by atoms with van der Waals surface area (Å²) < 4.78 is 1.80. The van der Waals surface area contributed by atoms with Crippen molar-refractivity contribution in [2.45, 2.75) is 52.4 Å². The molecule has 1 N–H and O–H groups in total.